The summed E-state index contributed by atoms with van der Waals surface area (Å²) in [6, 6.07) is 0. The zero-order valence-electron chi connectivity index (χ0n) is 17.4. The highest BCUT2D eigenvalue weighted by Crippen LogP contribution is 2.69. The number of hydrogen-bond acceptors (Lipinski definition) is 5. The van der Waals surface area contributed by atoms with E-state index in [9.17, 15) is 14.4 Å². The summed E-state index contributed by atoms with van der Waals surface area (Å²) in [5, 5.41) is 0. The van der Waals surface area contributed by atoms with Crippen molar-refractivity contribution >= 4 is 17.7 Å². The van der Waals surface area contributed by atoms with Crippen molar-refractivity contribution in [2.24, 2.45) is 33.5 Å². The van der Waals surface area contributed by atoms with Crippen LogP contribution in [0, 0.1) is 33.5 Å². The molecule has 2 bridgehead atoms. The van der Waals surface area contributed by atoms with Crippen LogP contribution in [0.25, 0.3) is 0 Å². The Balaban J connectivity index is 2.09. The molecule has 27 heavy (non-hydrogen) atoms. The van der Waals surface area contributed by atoms with Crippen molar-refractivity contribution in [1.82, 2.24) is 0 Å². The second-order valence-electron chi connectivity index (χ2n) is 9.90. The largest absolute Gasteiger partial charge is 0.469 e. The van der Waals surface area contributed by atoms with Crippen LogP contribution in [0.4, 0.5) is 0 Å². The van der Waals surface area contributed by atoms with Gasteiger partial charge in [-0.2, -0.15) is 0 Å². The van der Waals surface area contributed by atoms with E-state index >= 15 is 0 Å². The SMILES string of the molecule is COC(=O)C[C@]1(C)[C@@H](C(C)(C)C(=O)OC)CC[C@]23C=C[C@](C)(C2)C(=O)C[C@H]31. The Morgan fingerprint density at radius 3 is 2.44 bits per heavy atom. The third-order valence-corrected chi connectivity index (χ3v) is 8.03. The fourth-order valence-corrected chi connectivity index (χ4v) is 6.65. The maximum absolute atomic E-state index is 13.0. The molecule has 0 aromatic rings. The minimum absolute atomic E-state index is 0.0195. The summed E-state index contributed by atoms with van der Waals surface area (Å²) in [5.41, 5.74) is -1.72. The van der Waals surface area contributed by atoms with E-state index in [1.165, 1.54) is 14.2 Å². The molecule has 0 aliphatic heterocycles. The lowest BCUT2D eigenvalue weighted by atomic mass is 9.42. The molecule has 0 aromatic heterocycles. The second kappa shape index (κ2) is 6.18. The first-order valence-electron chi connectivity index (χ1n) is 9.84. The Morgan fingerprint density at radius 2 is 1.85 bits per heavy atom. The van der Waals surface area contributed by atoms with Gasteiger partial charge in [-0.3, -0.25) is 14.4 Å². The fourth-order valence-electron chi connectivity index (χ4n) is 6.65. The molecule has 2 fully saturated rings. The van der Waals surface area contributed by atoms with Crippen LogP contribution in [0.2, 0.25) is 0 Å². The number of fused-ring (bicyclic) bond motifs is 1. The molecule has 1 spiro atoms. The number of ketones is 1. The Bertz CT molecular complexity index is 707. The van der Waals surface area contributed by atoms with Gasteiger partial charge in [0.2, 0.25) is 0 Å². The van der Waals surface area contributed by atoms with Crippen molar-refractivity contribution in [1.29, 1.82) is 0 Å². The monoisotopic (exact) mass is 376 g/mol. The summed E-state index contributed by atoms with van der Waals surface area (Å²) in [6.45, 7) is 7.90. The van der Waals surface area contributed by atoms with Gasteiger partial charge in [-0.1, -0.05) is 19.1 Å². The van der Waals surface area contributed by atoms with Crippen LogP contribution >= 0.6 is 0 Å². The Hall–Kier alpha value is -1.65. The van der Waals surface area contributed by atoms with E-state index in [0.29, 0.717) is 6.42 Å². The molecule has 0 saturated heterocycles. The molecule has 0 unspecified atom stereocenters. The number of carbonyl (C=O) groups is 3. The number of carbonyl (C=O) groups excluding carboxylic acids is 3. The number of Topliss-reactive ketones (excluding diaryl/α,β-unsaturated/α-hetero) is 1. The number of rotatable bonds is 4. The number of allylic oxidation sites excluding steroid dienone is 2. The topological polar surface area (TPSA) is 69.7 Å². The molecular weight excluding hydrogens is 344 g/mol. The summed E-state index contributed by atoms with van der Waals surface area (Å²) in [7, 11) is 2.80. The summed E-state index contributed by atoms with van der Waals surface area (Å²) in [5.74, 6) is -0.370. The van der Waals surface area contributed by atoms with Gasteiger partial charge < -0.3 is 9.47 Å². The lowest BCUT2D eigenvalue weighted by molar-refractivity contribution is -0.177. The van der Waals surface area contributed by atoms with Crippen molar-refractivity contribution < 1.29 is 23.9 Å². The molecule has 150 valence electrons. The van der Waals surface area contributed by atoms with Crippen molar-refractivity contribution in [3.05, 3.63) is 12.2 Å². The second-order valence-corrected chi connectivity index (χ2v) is 9.90. The minimum Gasteiger partial charge on any atom is -0.469 e. The van der Waals surface area contributed by atoms with Gasteiger partial charge in [0.1, 0.15) is 5.78 Å². The van der Waals surface area contributed by atoms with Crippen LogP contribution in [0.5, 0.6) is 0 Å². The summed E-state index contributed by atoms with van der Waals surface area (Å²) >= 11 is 0. The maximum Gasteiger partial charge on any atom is 0.311 e. The Morgan fingerprint density at radius 1 is 1.19 bits per heavy atom. The first-order valence-corrected chi connectivity index (χ1v) is 9.84. The molecule has 0 amide bonds. The highest BCUT2D eigenvalue weighted by atomic mass is 16.5. The molecular formula is C22H32O5. The molecule has 5 atom stereocenters. The van der Waals surface area contributed by atoms with Crippen LogP contribution in [0.15, 0.2) is 12.2 Å². The fraction of sp³-hybridized carbons (Fsp3) is 0.773. The molecule has 5 nitrogen and oxygen atoms in total. The number of esters is 2. The molecule has 0 heterocycles. The first-order chi connectivity index (χ1) is 12.4. The van der Waals surface area contributed by atoms with Crippen molar-refractivity contribution in [2.75, 3.05) is 14.2 Å². The van der Waals surface area contributed by atoms with E-state index in [0.717, 1.165) is 19.3 Å². The summed E-state index contributed by atoms with van der Waals surface area (Å²) < 4.78 is 10.1. The van der Waals surface area contributed by atoms with Crippen LogP contribution < -0.4 is 0 Å². The normalized spacial score (nSPS) is 40.4. The van der Waals surface area contributed by atoms with E-state index in [4.69, 9.17) is 9.47 Å². The standard InChI is InChI=1S/C22H32O5/c1-19(2,18(25)27-6)14-7-8-22-10-9-20(3,13-22)16(23)11-15(22)21(14,4)12-17(24)26-5/h9-10,14-15H,7-8,11-13H2,1-6H3/t14-,15+,20-,21-,22+/m1/s1. The van der Waals surface area contributed by atoms with Gasteiger partial charge in [0, 0.05) is 11.8 Å². The first kappa shape index (κ1) is 20.1. The quantitative estimate of drug-likeness (QED) is 0.553. The van der Waals surface area contributed by atoms with E-state index in [1.54, 1.807) is 0 Å². The van der Waals surface area contributed by atoms with Crippen molar-refractivity contribution in [3.63, 3.8) is 0 Å². The predicted octanol–water partition coefficient (Wildman–Crippen LogP) is 3.71. The van der Waals surface area contributed by atoms with E-state index in [2.05, 4.69) is 19.1 Å². The van der Waals surface area contributed by atoms with Gasteiger partial charge in [-0.15, -0.1) is 0 Å². The average Bonchev–Trinajstić information content (AvgIpc) is 2.90. The smallest absolute Gasteiger partial charge is 0.311 e. The lowest BCUT2D eigenvalue weighted by Crippen LogP contribution is -2.58. The van der Waals surface area contributed by atoms with Crippen LogP contribution in [-0.4, -0.2) is 31.9 Å². The predicted molar refractivity (Wildman–Crippen MR) is 101 cm³/mol. The highest BCUT2D eigenvalue weighted by Gasteiger charge is 2.65. The Labute approximate surface area is 161 Å². The number of hydrogen-bond donors (Lipinski definition) is 0. The molecule has 3 aliphatic rings. The van der Waals surface area contributed by atoms with E-state index in [-0.39, 0.29) is 46.8 Å². The van der Waals surface area contributed by atoms with Gasteiger partial charge in [-0.25, -0.2) is 0 Å². The van der Waals surface area contributed by atoms with E-state index < -0.39 is 10.8 Å². The number of methoxy groups -OCH3 is 2. The molecule has 5 heteroatoms. The van der Waals surface area contributed by atoms with Gasteiger partial charge in [0.05, 0.1) is 26.1 Å². The van der Waals surface area contributed by atoms with Crippen LogP contribution in [-0.2, 0) is 23.9 Å². The molecule has 0 aromatic carbocycles. The average molecular weight is 376 g/mol. The zero-order valence-corrected chi connectivity index (χ0v) is 17.4. The summed E-state index contributed by atoms with van der Waals surface area (Å²) in [4.78, 5) is 37.9. The molecule has 0 radical (unpaired) electrons. The van der Waals surface area contributed by atoms with Crippen LogP contribution in [0.1, 0.15) is 59.8 Å². The summed E-state index contributed by atoms with van der Waals surface area (Å²) in [6.07, 6.45) is 7.54. The molecule has 3 rings (SSSR count). The van der Waals surface area contributed by atoms with Gasteiger partial charge in [0.25, 0.3) is 0 Å². The Kier molecular flexibility index (Phi) is 4.60. The maximum atomic E-state index is 13.0. The van der Waals surface area contributed by atoms with Crippen molar-refractivity contribution in [3.8, 4) is 0 Å². The van der Waals surface area contributed by atoms with Gasteiger partial charge >= 0.3 is 11.9 Å². The zero-order chi connectivity index (χ0) is 20.3. The molecule has 3 aliphatic carbocycles. The van der Waals surface area contributed by atoms with Gasteiger partial charge in [-0.05, 0) is 62.7 Å². The third-order valence-electron chi connectivity index (χ3n) is 8.03. The van der Waals surface area contributed by atoms with Crippen molar-refractivity contribution in [2.45, 2.75) is 59.8 Å². The lowest BCUT2D eigenvalue weighted by Gasteiger charge is -2.60. The third kappa shape index (κ3) is 2.76. The highest BCUT2D eigenvalue weighted by molar-refractivity contribution is 5.89. The molecule has 2 saturated carbocycles. The molecule has 0 N–H and O–H groups in total. The van der Waals surface area contributed by atoms with Gasteiger partial charge in [0.15, 0.2) is 0 Å². The van der Waals surface area contributed by atoms with Crippen LogP contribution in [0.3, 0.4) is 0 Å². The van der Waals surface area contributed by atoms with E-state index in [1.807, 2.05) is 20.8 Å². The number of ether oxygens (including phenoxy) is 2. The minimum atomic E-state index is -0.745.